The van der Waals surface area contributed by atoms with Crippen molar-refractivity contribution in [1.82, 2.24) is 5.43 Å². The van der Waals surface area contributed by atoms with Gasteiger partial charge in [0.15, 0.2) is 11.5 Å². The summed E-state index contributed by atoms with van der Waals surface area (Å²) in [6.07, 6.45) is 1.43. The lowest BCUT2D eigenvalue weighted by Crippen LogP contribution is -2.35. The van der Waals surface area contributed by atoms with Crippen molar-refractivity contribution in [3.8, 4) is 11.5 Å². The maximum absolute atomic E-state index is 12.9. The first-order valence-corrected chi connectivity index (χ1v) is 11.0. The lowest BCUT2D eigenvalue weighted by molar-refractivity contribution is -0.384. The van der Waals surface area contributed by atoms with Gasteiger partial charge in [0.2, 0.25) is 0 Å². The Morgan fingerprint density at radius 1 is 1.06 bits per heavy atom. The van der Waals surface area contributed by atoms with E-state index < -0.39 is 16.7 Å². The fourth-order valence-corrected chi connectivity index (χ4v) is 3.75. The fourth-order valence-electron chi connectivity index (χ4n) is 3.47. The number of para-hydroxylation sites is 1. The van der Waals surface area contributed by atoms with Crippen LogP contribution >= 0.6 is 11.6 Å². The number of benzene rings is 3. The van der Waals surface area contributed by atoms with Crippen LogP contribution in [0.5, 0.6) is 11.5 Å². The number of hydrazine groups is 1. The van der Waals surface area contributed by atoms with Crippen LogP contribution in [0.1, 0.15) is 18.1 Å². The number of amides is 2. The van der Waals surface area contributed by atoms with Crippen molar-refractivity contribution in [2.75, 3.05) is 11.6 Å². The van der Waals surface area contributed by atoms with Crippen molar-refractivity contribution in [2.24, 2.45) is 0 Å². The van der Waals surface area contributed by atoms with Crippen LogP contribution in [0.25, 0.3) is 6.08 Å². The van der Waals surface area contributed by atoms with Gasteiger partial charge < -0.3 is 9.47 Å². The predicted octanol–water partition coefficient (Wildman–Crippen LogP) is 4.69. The molecule has 0 atom stereocenters. The number of anilines is 1. The molecule has 0 bridgehead atoms. The number of nitro benzene ring substituents is 1. The van der Waals surface area contributed by atoms with E-state index in [4.69, 9.17) is 21.1 Å². The van der Waals surface area contributed by atoms with Gasteiger partial charge in [0.25, 0.3) is 17.5 Å². The van der Waals surface area contributed by atoms with Gasteiger partial charge in [-0.1, -0.05) is 41.9 Å². The minimum Gasteiger partial charge on any atom is -0.490 e. The minimum atomic E-state index is -0.543. The van der Waals surface area contributed by atoms with Gasteiger partial charge in [0.1, 0.15) is 12.2 Å². The number of nitrogens with zero attached hydrogens (tertiary/aromatic N) is 2. The number of nitrogens with one attached hydrogen (secondary N) is 1. The first-order valence-electron chi connectivity index (χ1n) is 10.6. The van der Waals surface area contributed by atoms with E-state index in [9.17, 15) is 19.7 Å². The highest BCUT2D eigenvalue weighted by atomic mass is 35.5. The van der Waals surface area contributed by atoms with Gasteiger partial charge in [0, 0.05) is 12.1 Å². The normalized spacial score (nSPS) is 14.2. The number of halogens is 1. The number of non-ortho nitro benzene ring substituents is 1. The minimum absolute atomic E-state index is 0.0227. The molecular formula is C25H20ClN3O6. The molecule has 1 saturated heterocycles. The van der Waals surface area contributed by atoms with Crippen molar-refractivity contribution in [1.29, 1.82) is 0 Å². The van der Waals surface area contributed by atoms with Gasteiger partial charge in [-0.15, -0.1) is 0 Å². The van der Waals surface area contributed by atoms with Gasteiger partial charge in [-0.05, 0) is 48.4 Å². The molecule has 1 N–H and O–H groups in total. The number of ether oxygens (including phenoxy) is 2. The predicted molar refractivity (Wildman–Crippen MR) is 130 cm³/mol. The first kappa shape index (κ1) is 23.8. The molecule has 3 aromatic rings. The summed E-state index contributed by atoms with van der Waals surface area (Å²) in [6.45, 7) is 2.12. The van der Waals surface area contributed by atoms with Crippen LogP contribution in [0.3, 0.4) is 0 Å². The molecular weight excluding hydrogens is 474 g/mol. The third-order valence-electron chi connectivity index (χ3n) is 5.05. The number of rotatable bonds is 8. The Balaban J connectivity index is 1.60. The highest BCUT2D eigenvalue weighted by Gasteiger charge is 2.34. The molecule has 1 fully saturated rings. The van der Waals surface area contributed by atoms with E-state index in [1.165, 1.54) is 23.2 Å². The van der Waals surface area contributed by atoms with E-state index in [0.29, 0.717) is 29.2 Å². The molecule has 0 aromatic heterocycles. The van der Waals surface area contributed by atoms with E-state index in [1.807, 2.05) is 6.07 Å². The SMILES string of the molecule is CCOc1cc(/C=C2/C(=O)NN(c3ccccc3)C2=O)cc(Cl)c1OCc1cccc([N+](=O)[O-])c1. The summed E-state index contributed by atoms with van der Waals surface area (Å²) in [5.41, 5.74) is 4.02. The Kier molecular flexibility index (Phi) is 6.98. The van der Waals surface area contributed by atoms with Gasteiger partial charge >= 0.3 is 0 Å². The molecule has 0 aliphatic carbocycles. The van der Waals surface area contributed by atoms with Crippen molar-refractivity contribution >= 4 is 40.9 Å². The summed E-state index contributed by atoms with van der Waals surface area (Å²) >= 11 is 6.46. The Morgan fingerprint density at radius 3 is 2.54 bits per heavy atom. The van der Waals surface area contributed by atoms with Crippen molar-refractivity contribution < 1.29 is 24.0 Å². The maximum atomic E-state index is 12.9. The Morgan fingerprint density at radius 2 is 1.83 bits per heavy atom. The van der Waals surface area contributed by atoms with E-state index in [0.717, 1.165) is 0 Å². The molecule has 0 unspecified atom stereocenters. The van der Waals surface area contributed by atoms with Gasteiger partial charge in [0.05, 0.1) is 22.2 Å². The van der Waals surface area contributed by atoms with E-state index in [1.54, 1.807) is 55.5 Å². The van der Waals surface area contributed by atoms with Crippen molar-refractivity contribution in [2.45, 2.75) is 13.5 Å². The Hall–Kier alpha value is -4.37. The molecule has 2 amide bonds. The van der Waals surface area contributed by atoms with Crippen LogP contribution in [-0.4, -0.2) is 23.3 Å². The lowest BCUT2D eigenvalue weighted by Gasteiger charge is -2.15. The standard InChI is InChI=1S/C25H20ClN3O6/c1-2-34-22-14-17(12-20-24(30)27-28(25(20)31)18-8-4-3-5-9-18)13-21(26)23(22)35-15-16-7-6-10-19(11-16)29(32)33/h3-14H,2,15H2,1H3,(H,27,30)/b20-12-. The zero-order valence-electron chi connectivity index (χ0n) is 18.6. The first-order chi connectivity index (χ1) is 16.9. The summed E-state index contributed by atoms with van der Waals surface area (Å²) in [4.78, 5) is 35.9. The van der Waals surface area contributed by atoms with Crippen LogP contribution in [0.4, 0.5) is 11.4 Å². The second kappa shape index (κ2) is 10.3. The topological polar surface area (TPSA) is 111 Å². The molecule has 178 valence electrons. The molecule has 0 spiro atoms. The highest BCUT2D eigenvalue weighted by Crippen LogP contribution is 2.38. The average Bonchev–Trinajstić information content (AvgIpc) is 3.13. The van der Waals surface area contributed by atoms with Crippen molar-refractivity contribution in [3.63, 3.8) is 0 Å². The van der Waals surface area contributed by atoms with Crippen LogP contribution in [0.15, 0.2) is 72.3 Å². The molecule has 0 radical (unpaired) electrons. The monoisotopic (exact) mass is 493 g/mol. The lowest BCUT2D eigenvalue weighted by atomic mass is 10.1. The largest absolute Gasteiger partial charge is 0.490 e. The van der Waals surface area contributed by atoms with Crippen molar-refractivity contribution in [3.05, 3.63) is 98.6 Å². The number of hydrogen-bond donors (Lipinski definition) is 1. The summed E-state index contributed by atoms with van der Waals surface area (Å²) in [6, 6.07) is 18.0. The summed E-state index contributed by atoms with van der Waals surface area (Å²) in [5, 5.41) is 12.4. The molecule has 9 nitrogen and oxygen atoms in total. The van der Waals surface area contributed by atoms with E-state index in [-0.39, 0.29) is 28.6 Å². The van der Waals surface area contributed by atoms with Gasteiger partial charge in [-0.3, -0.25) is 25.1 Å². The Labute approximate surface area is 205 Å². The zero-order valence-corrected chi connectivity index (χ0v) is 19.3. The summed E-state index contributed by atoms with van der Waals surface area (Å²) in [7, 11) is 0. The van der Waals surface area contributed by atoms with Crippen LogP contribution in [0, 0.1) is 10.1 Å². The summed E-state index contributed by atoms with van der Waals surface area (Å²) < 4.78 is 11.5. The number of carbonyl (C=O) groups is 2. The quantitative estimate of drug-likeness (QED) is 0.211. The highest BCUT2D eigenvalue weighted by molar-refractivity contribution is 6.33. The maximum Gasteiger partial charge on any atom is 0.282 e. The molecule has 1 aliphatic heterocycles. The smallest absolute Gasteiger partial charge is 0.282 e. The molecule has 35 heavy (non-hydrogen) atoms. The zero-order chi connectivity index (χ0) is 24.9. The molecule has 1 aliphatic rings. The average molecular weight is 494 g/mol. The van der Waals surface area contributed by atoms with Crippen LogP contribution < -0.4 is 19.9 Å². The third kappa shape index (κ3) is 5.25. The molecule has 0 saturated carbocycles. The number of nitro groups is 1. The Bertz CT molecular complexity index is 1330. The molecule has 1 heterocycles. The van der Waals surface area contributed by atoms with Gasteiger partial charge in [-0.2, -0.15) is 0 Å². The number of carbonyl (C=O) groups excluding carboxylic acids is 2. The van der Waals surface area contributed by atoms with Crippen LogP contribution in [0.2, 0.25) is 5.02 Å². The molecule has 10 heteroatoms. The third-order valence-corrected chi connectivity index (χ3v) is 5.33. The summed E-state index contributed by atoms with van der Waals surface area (Å²) in [5.74, 6) is -0.487. The van der Waals surface area contributed by atoms with E-state index in [2.05, 4.69) is 5.43 Å². The van der Waals surface area contributed by atoms with E-state index >= 15 is 0 Å². The van der Waals surface area contributed by atoms with Crippen LogP contribution in [-0.2, 0) is 16.2 Å². The molecule has 3 aromatic carbocycles. The number of hydrogen-bond acceptors (Lipinski definition) is 6. The second-order valence-electron chi connectivity index (χ2n) is 7.45. The second-order valence-corrected chi connectivity index (χ2v) is 7.86. The fraction of sp³-hybridized carbons (Fsp3) is 0.120. The van der Waals surface area contributed by atoms with Gasteiger partial charge in [-0.25, -0.2) is 5.01 Å². The molecule has 4 rings (SSSR count).